The zero-order valence-corrected chi connectivity index (χ0v) is 12.6. The van der Waals surface area contributed by atoms with Gasteiger partial charge in [-0.15, -0.1) is 0 Å². The summed E-state index contributed by atoms with van der Waals surface area (Å²) in [6.07, 6.45) is 2.00. The Morgan fingerprint density at radius 2 is 2.15 bits per heavy atom. The molecule has 0 amide bonds. The van der Waals surface area contributed by atoms with Crippen LogP contribution in [-0.2, 0) is 6.42 Å². The first-order chi connectivity index (χ1) is 9.67. The van der Waals surface area contributed by atoms with Crippen molar-refractivity contribution in [3.8, 4) is 11.3 Å². The molecule has 0 spiro atoms. The van der Waals surface area contributed by atoms with Crippen LogP contribution in [0.15, 0.2) is 36.4 Å². The molecule has 2 heterocycles. The lowest BCUT2D eigenvalue weighted by Gasteiger charge is -1.99. The van der Waals surface area contributed by atoms with E-state index in [1.54, 1.807) is 0 Å². The number of hydrogen-bond acceptors (Lipinski definition) is 2. The Balaban J connectivity index is 2.15. The van der Waals surface area contributed by atoms with E-state index in [0.717, 1.165) is 40.1 Å². The van der Waals surface area contributed by atoms with Crippen molar-refractivity contribution >= 4 is 29.5 Å². The number of rotatable bonds is 3. The standard InChI is InChI=1S/C15H14ClN3S/c1-2-4-12-8-15(20)19-14(17-12)9-13(18-19)10-5-3-6-11(16)7-10/h3,5-9,18H,2,4H2,1H3. The SMILES string of the molecule is CCCc1cc(=S)n2[nH]c(-c3cccc(Cl)c3)cc2n1. The Hall–Kier alpha value is -1.65. The summed E-state index contributed by atoms with van der Waals surface area (Å²) in [5.41, 5.74) is 3.86. The van der Waals surface area contributed by atoms with Crippen LogP contribution in [0.1, 0.15) is 19.0 Å². The third-order valence-electron chi connectivity index (χ3n) is 3.15. The molecule has 2 aromatic heterocycles. The second-order valence-electron chi connectivity index (χ2n) is 4.71. The van der Waals surface area contributed by atoms with E-state index in [2.05, 4.69) is 17.0 Å². The fraction of sp³-hybridized carbons (Fsp3) is 0.200. The summed E-state index contributed by atoms with van der Waals surface area (Å²) < 4.78 is 2.57. The number of aryl methyl sites for hydroxylation is 1. The van der Waals surface area contributed by atoms with Crippen LogP contribution < -0.4 is 0 Å². The second kappa shape index (κ2) is 5.38. The molecule has 3 rings (SSSR count). The highest BCUT2D eigenvalue weighted by Crippen LogP contribution is 2.22. The van der Waals surface area contributed by atoms with Gasteiger partial charge in [0.15, 0.2) is 5.65 Å². The van der Waals surface area contributed by atoms with Crippen LogP contribution in [0.2, 0.25) is 5.02 Å². The number of aromatic nitrogens is 3. The first-order valence-corrected chi connectivity index (χ1v) is 7.33. The Kier molecular flexibility index (Phi) is 3.59. The van der Waals surface area contributed by atoms with Gasteiger partial charge in [-0.2, -0.15) is 0 Å². The number of nitrogens with zero attached hydrogens (tertiary/aromatic N) is 2. The second-order valence-corrected chi connectivity index (χ2v) is 5.56. The van der Waals surface area contributed by atoms with Gasteiger partial charge < -0.3 is 0 Å². The summed E-state index contributed by atoms with van der Waals surface area (Å²) in [5.74, 6) is 0. The van der Waals surface area contributed by atoms with Gasteiger partial charge in [-0.25, -0.2) is 9.50 Å². The van der Waals surface area contributed by atoms with Gasteiger partial charge >= 0.3 is 0 Å². The summed E-state index contributed by atoms with van der Waals surface area (Å²) >= 11 is 11.4. The largest absolute Gasteiger partial charge is 0.291 e. The summed E-state index contributed by atoms with van der Waals surface area (Å²) in [6, 6.07) is 11.7. The monoisotopic (exact) mass is 303 g/mol. The molecule has 0 bridgehead atoms. The van der Waals surface area contributed by atoms with Gasteiger partial charge in [-0.3, -0.25) is 5.10 Å². The lowest BCUT2D eigenvalue weighted by molar-refractivity contribution is 0.853. The van der Waals surface area contributed by atoms with Gasteiger partial charge in [0.05, 0.1) is 5.69 Å². The Labute approximate surface area is 127 Å². The molecule has 20 heavy (non-hydrogen) atoms. The smallest absolute Gasteiger partial charge is 0.155 e. The molecule has 0 atom stereocenters. The van der Waals surface area contributed by atoms with E-state index in [9.17, 15) is 0 Å². The van der Waals surface area contributed by atoms with Gasteiger partial charge in [0, 0.05) is 22.3 Å². The molecular weight excluding hydrogens is 290 g/mol. The molecule has 3 aromatic rings. The molecule has 0 aliphatic rings. The maximum atomic E-state index is 6.03. The summed E-state index contributed by atoms with van der Waals surface area (Å²) in [7, 11) is 0. The van der Waals surface area contributed by atoms with E-state index in [-0.39, 0.29) is 0 Å². The summed E-state index contributed by atoms with van der Waals surface area (Å²) in [6.45, 7) is 2.14. The molecule has 0 unspecified atom stereocenters. The predicted molar refractivity (Wildman–Crippen MR) is 84.8 cm³/mol. The number of H-pyrrole nitrogens is 1. The fourth-order valence-electron chi connectivity index (χ4n) is 2.23. The quantitative estimate of drug-likeness (QED) is 0.714. The first kappa shape index (κ1) is 13.3. The highest BCUT2D eigenvalue weighted by atomic mass is 35.5. The van der Waals surface area contributed by atoms with E-state index in [0.29, 0.717) is 5.02 Å². The van der Waals surface area contributed by atoms with Crippen molar-refractivity contribution in [1.82, 2.24) is 14.6 Å². The average molecular weight is 304 g/mol. The number of benzene rings is 1. The topological polar surface area (TPSA) is 33.1 Å². The van der Waals surface area contributed by atoms with Gasteiger partial charge in [-0.1, -0.05) is 49.3 Å². The number of nitrogens with one attached hydrogen (secondary N) is 1. The van der Waals surface area contributed by atoms with Crippen molar-refractivity contribution < 1.29 is 0 Å². The molecule has 5 heteroatoms. The zero-order valence-electron chi connectivity index (χ0n) is 11.1. The van der Waals surface area contributed by atoms with Crippen molar-refractivity contribution in [1.29, 1.82) is 0 Å². The van der Waals surface area contributed by atoms with E-state index in [1.165, 1.54) is 0 Å². The van der Waals surface area contributed by atoms with Gasteiger partial charge in [0.2, 0.25) is 0 Å². The average Bonchev–Trinajstić information content (AvgIpc) is 2.84. The van der Waals surface area contributed by atoms with Crippen molar-refractivity contribution in [2.24, 2.45) is 0 Å². The van der Waals surface area contributed by atoms with Gasteiger partial charge in [0.25, 0.3) is 0 Å². The van der Waals surface area contributed by atoms with Crippen molar-refractivity contribution in [2.45, 2.75) is 19.8 Å². The van der Waals surface area contributed by atoms with Crippen molar-refractivity contribution in [3.63, 3.8) is 0 Å². The highest BCUT2D eigenvalue weighted by molar-refractivity contribution is 7.71. The molecule has 0 saturated carbocycles. The highest BCUT2D eigenvalue weighted by Gasteiger charge is 2.06. The van der Waals surface area contributed by atoms with Crippen molar-refractivity contribution in [3.05, 3.63) is 51.8 Å². The minimum absolute atomic E-state index is 0.712. The zero-order chi connectivity index (χ0) is 14.1. The van der Waals surface area contributed by atoms with Gasteiger partial charge in [0.1, 0.15) is 4.64 Å². The third kappa shape index (κ3) is 2.49. The first-order valence-electron chi connectivity index (χ1n) is 6.55. The molecule has 1 aromatic carbocycles. The predicted octanol–water partition coefficient (Wildman–Crippen LogP) is 4.66. The molecule has 0 aliphatic carbocycles. The molecule has 1 N–H and O–H groups in total. The molecule has 3 nitrogen and oxygen atoms in total. The number of aromatic amines is 1. The van der Waals surface area contributed by atoms with Crippen LogP contribution in [-0.4, -0.2) is 14.6 Å². The van der Waals surface area contributed by atoms with Crippen molar-refractivity contribution in [2.75, 3.05) is 0 Å². The molecule has 0 aliphatic heterocycles. The summed E-state index contributed by atoms with van der Waals surface area (Å²) in [4.78, 5) is 4.63. The molecular formula is C15H14ClN3S. The van der Waals surface area contributed by atoms with E-state index >= 15 is 0 Å². The third-order valence-corrected chi connectivity index (χ3v) is 3.68. The maximum absolute atomic E-state index is 6.03. The Morgan fingerprint density at radius 3 is 2.90 bits per heavy atom. The van der Waals surface area contributed by atoms with Crippen LogP contribution in [0, 0.1) is 4.64 Å². The van der Waals surface area contributed by atoms with Crippen LogP contribution >= 0.6 is 23.8 Å². The normalized spacial score (nSPS) is 11.1. The van der Waals surface area contributed by atoms with Crippen LogP contribution in [0.3, 0.4) is 0 Å². The minimum atomic E-state index is 0.712. The van der Waals surface area contributed by atoms with Gasteiger partial charge in [-0.05, 0) is 24.6 Å². The van der Waals surface area contributed by atoms with E-state index in [4.69, 9.17) is 23.8 Å². The Bertz CT molecular complexity index is 819. The Morgan fingerprint density at radius 1 is 1.30 bits per heavy atom. The van der Waals surface area contributed by atoms with E-state index < -0.39 is 0 Å². The lowest BCUT2D eigenvalue weighted by Crippen LogP contribution is -1.96. The lowest BCUT2D eigenvalue weighted by atomic mass is 10.1. The molecule has 102 valence electrons. The number of fused-ring (bicyclic) bond motifs is 1. The van der Waals surface area contributed by atoms with Crippen LogP contribution in [0.4, 0.5) is 0 Å². The van der Waals surface area contributed by atoms with Crippen LogP contribution in [0.5, 0.6) is 0 Å². The van der Waals surface area contributed by atoms with E-state index in [1.807, 2.05) is 40.9 Å². The molecule has 0 fully saturated rings. The van der Waals surface area contributed by atoms with Crippen LogP contribution in [0.25, 0.3) is 16.9 Å². The molecule has 0 radical (unpaired) electrons. The fourth-order valence-corrected chi connectivity index (χ4v) is 2.69. The molecule has 0 saturated heterocycles. The maximum Gasteiger partial charge on any atom is 0.155 e. The number of hydrogen-bond donors (Lipinski definition) is 1. The summed E-state index contributed by atoms with van der Waals surface area (Å²) in [5, 5.41) is 3.98. The number of halogens is 1. The minimum Gasteiger partial charge on any atom is -0.291 e.